The molecule has 0 radical (unpaired) electrons. The molecule has 3 aromatic rings. The smallest absolute Gasteiger partial charge is 0.253 e. The number of carbonyl (C=O) groups is 2. The summed E-state index contributed by atoms with van der Waals surface area (Å²) in [5.41, 5.74) is 2.83. The van der Waals surface area contributed by atoms with Crippen LogP contribution in [0.2, 0.25) is 0 Å². The Morgan fingerprint density at radius 2 is 1.88 bits per heavy atom. The van der Waals surface area contributed by atoms with E-state index in [-0.39, 0.29) is 11.8 Å². The SMILES string of the molecule is CNC(=O)c1ccccc1NC(=O)CCc1csc(-c2ccncc2)n1. The normalized spacial score (nSPS) is 10.3. The number of para-hydroxylation sites is 1. The Balaban J connectivity index is 1.60. The molecular formula is C19H18N4O2S. The summed E-state index contributed by atoms with van der Waals surface area (Å²) in [6, 6.07) is 10.7. The Morgan fingerprint density at radius 1 is 1.12 bits per heavy atom. The van der Waals surface area contributed by atoms with Crippen LogP contribution in [0.25, 0.3) is 10.6 Å². The first kappa shape index (κ1) is 17.8. The van der Waals surface area contributed by atoms with Crippen molar-refractivity contribution in [3.05, 3.63) is 65.4 Å². The molecule has 26 heavy (non-hydrogen) atoms. The number of amides is 2. The van der Waals surface area contributed by atoms with Gasteiger partial charge in [0.15, 0.2) is 0 Å². The summed E-state index contributed by atoms with van der Waals surface area (Å²) < 4.78 is 0. The number of carbonyl (C=O) groups excluding carboxylic acids is 2. The van der Waals surface area contributed by atoms with Gasteiger partial charge in [-0.2, -0.15) is 0 Å². The number of hydrogen-bond acceptors (Lipinski definition) is 5. The third-order valence-corrected chi connectivity index (χ3v) is 4.70. The molecule has 6 nitrogen and oxygen atoms in total. The van der Waals surface area contributed by atoms with Crippen LogP contribution in [0.4, 0.5) is 5.69 Å². The highest BCUT2D eigenvalue weighted by molar-refractivity contribution is 7.13. The summed E-state index contributed by atoms with van der Waals surface area (Å²) in [7, 11) is 1.56. The summed E-state index contributed by atoms with van der Waals surface area (Å²) in [4.78, 5) is 32.7. The second-order valence-corrected chi connectivity index (χ2v) is 6.41. The highest BCUT2D eigenvalue weighted by Gasteiger charge is 2.12. The lowest BCUT2D eigenvalue weighted by Crippen LogP contribution is -2.21. The van der Waals surface area contributed by atoms with E-state index < -0.39 is 0 Å². The van der Waals surface area contributed by atoms with Crippen LogP contribution in [0.3, 0.4) is 0 Å². The molecule has 0 aliphatic heterocycles. The van der Waals surface area contributed by atoms with Gasteiger partial charge in [-0.3, -0.25) is 14.6 Å². The van der Waals surface area contributed by atoms with E-state index in [1.807, 2.05) is 17.5 Å². The predicted molar refractivity (Wildman–Crippen MR) is 102 cm³/mol. The van der Waals surface area contributed by atoms with Crippen LogP contribution in [0.15, 0.2) is 54.2 Å². The topological polar surface area (TPSA) is 84.0 Å². The Bertz CT molecular complexity index is 909. The number of pyridine rings is 1. The van der Waals surface area contributed by atoms with E-state index in [0.29, 0.717) is 24.1 Å². The molecule has 0 atom stereocenters. The monoisotopic (exact) mass is 366 g/mol. The van der Waals surface area contributed by atoms with E-state index in [4.69, 9.17) is 0 Å². The van der Waals surface area contributed by atoms with Crippen LogP contribution in [0.5, 0.6) is 0 Å². The van der Waals surface area contributed by atoms with E-state index in [0.717, 1.165) is 16.3 Å². The van der Waals surface area contributed by atoms with Crippen molar-refractivity contribution >= 4 is 28.8 Å². The highest BCUT2D eigenvalue weighted by atomic mass is 32.1. The standard InChI is InChI=1S/C19H18N4O2S/c1-20-18(25)15-4-2-3-5-16(15)23-17(24)7-6-14-12-26-19(22-14)13-8-10-21-11-9-13/h2-5,8-12H,6-7H2,1H3,(H,20,25)(H,23,24). The summed E-state index contributed by atoms with van der Waals surface area (Å²) in [6.07, 6.45) is 4.29. The Hall–Kier alpha value is -3.06. The zero-order valence-electron chi connectivity index (χ0n) is 14.2. The van der Waals surface area contributed by atoms with Crippen molar-refractivity contribution in [2.24, 2.45) is 0 Å². The van der Waals surface area contributed by atoms with Crippen molar-refractivity contribution in [2.45, 2.75) is 12.8 Å². The molecule has 2 N–H and O–H groups in total. The van der Waals surface area contributed by atoms with Crippen molar-refractivity contribution in [3.8, 4) is 10.6 Å². The zero-order valence-corrected chi connectivity index (χ0v) is 15.0. The first-order valence-corrected chi connectivity index (χ1v) is 9.01. The Labute approximate surface area is 155 Å². The molecule has 2 heterocycles. The number of aromatic nitrogens is 2. The molecule has 0 spiro atoms. The molecule has 3 rings (SSSR count). The fourth-order valence-electron chi connectivity index (χ4n) is 2.43. The van der Waals surface area contributed by atoms with E-state index in [1.165, 1.54) is 0 Å². The van der Waals surface area contributed by atoms with Crippen LogP contribution in [-0.4, -0.2) is 28.8 Å². The molecule has 0 aliphatic carbocycles. The molecule has 2 amide bonds. The van der Waals surface area contributed by atoms with Crippen LogP contribution in [0.1, 0.15) is 22.5 Å². The van der Waals surface area contributed by atoms with Gasteiger partial charge in [-0.25, -0.2) is 4.98 Å². The summed E-state index contributed by atoms with van der Waals surface area (Å²) in [5.74, 6) is -0.387. The van der Waals surface area contributed by atoms with E-state index >= 15 is 0 Å². The first-order valence-electron chi connectivity index (χ1n) is 8.13. The van der Waals surface area contributed by atoms with Gasteiger partial charge in [0, 0.05) is 36.8 Å². The lowest BCUT2D eigenvalue weighted by Gasteiger charge is -2.09. The van der Waals surface area contributed by atoms with Crippen molar-refractivity contribution in [1.29, 1.82) is 0 Å². The van der Waals surface area contributed by atoms with Gasteiger partial charge in [-0.05, 0) is 30.7 Å². The molecule has 132 valence electrons. The minimum Gasteiger partial charge on any atom is -0.355 e. The van der Waals surface area contributed by atoms with Gasteiger partial charge < -0.3 is 10.6 Å². The number of nitrogens with zero attached hydrogens (tertiary/aromatic N) is 2. The quantitative estimate of drug-likeness (QED) is 0.702. The highest BCUT2D eigenvalue weighted by Crippen LogP contribution is 2.23. The number of anilines is 1. The largest absolute Gasteiger partial charge is 0.355 e. The second kappa shape index (κ2) is 8.35. The fraction of sp³-hybridized carbons (Fsp3) is 0.158. The minimum atomic E-state index is -0.234. The summed E-state index contributed by atoms with van der Waals surface area (Å²) >= 11 is 1.54. The van der Waals surface area contributed by atoms with Crippen molar-refractivity contribution in [3.63, 3.8) is 0 Å². The van der Waals surface area contributed by atoms with Crippen molar-refractivity contribution < 1.29 is 9.59 Å². The molecule has 0 saturated heterocycles. The van der Waals surface area contributed by atoms with Crippen molar-refractivity contribution in [2.75, 3.05) is 12.4 Å². The van der Waals surface area contributed by atoms with Crippen LogP contribution in [0, 0.1) is 0 Å². The lowest BCUT2D eigenvalue weighted by atomic mass is 10.1. The lowest BCUT2D eigenvalue weighted by molar-refractivity contribution is -0.116. The average Bonchev–Trinajstić information content (AvgIpc) is 3.16. The number of rotatable bonds is 6. The van der Waals surface area contributed by atoms with Gasteiger partial charge in [0.2, 0.25) is 5.91 Å². The fourth-order valence-corrected chi connectivity index (χ4v) is 3.29. The third-order valence-electron chi connectivity index (χ3n) is 3.76. The van der Waals surface area contributed by atoms with Gasteiger partial charge in [0.05, 0.1) is 16.9 Å². The maximum atomic E-state index is 12.3. The van der Waals surface area contributed by atoms with Gasteiger partial charge in [0.25, 0.3) is 5.91 Å². The van der Waals surface area contributed by atoms with Crippen molar-refractivity contribution in [1.82, 2.24) is 15.3 Å². The second-order valence-electron chi connectivity index (χ2n) is 5.55. The molecule has 0 aliphatic rings. The number of aryl methyl sites for hydroxylation is 1. The van der Waals surface area contributed by atoms with Crippen LogP contribution in [-0.2, 0) is 11.2 Å². The molecule has 1 aromatic carbocycles. The third kappa shape index (κ3) is 4.31. The zero-order chi connectivity index (χ0) is 18.4. The number of nitrogens with one attached hydrogen (secondary N) is 2. The van der Waals surface area contributed by atoms with E-state index in [2.05, 4.69) is 20.6 Å². The molecule has 0 bridgehead atoms. The van der Waals surface area contributed by atoms with Gasteiger partial charge in [-0.15, -0.1) is 11.3 Å². The molecule has 7 heteroatoms. The Kier molecular flexibility index (Phi) is 5.70. The van der Waals surface area contributed by atoms with E-state index in [9.17, 15) is 9.59 Å². The molecule has 2 aromatic heterocycles. The Morgan fingerprint density at radius 3 is 2.65 bits per heavy atom. The molecule has 0 saturated carbocycles. The van der Waals surface area contributed by atoms with Gasteiger partial charge in [0.1, 0.15) is 5.01 Å². The molecule has 0 unspecified atom stereocenters. The minimum absolute atomic E-state index is 0.153. The average molecular weight is 366 g/mol. The van der Waals surface area contributed by atoms with Crippen LogP contribution >= 0.6 is 11.3 Å². The molecular weight excluding hydrogens is 348 g/mol. The predicted octanol–water partition coefficient (Wildman–Crippen LogP) is 3.14. The summed E-state index contributed by atoms with van der Waals surface area (Å²) in [6.45, 7) is 0. The number of benzene rings is 1. The maximum absolute atomic E-state index is 12.3. The maximum Gasteiger partial charge on any atom is 0.253 e. The van der Waals surface area contributed by atoms with Crippen LogP contribution < -0.4 is 10.6 Å². The van der Waals surface area contributed by atoms with Gasteiger partial charge in [-0.1, -0.05) is 12.1 Å². The van der Waals surface area contributed by atoms with E-state index in [1.54, 1.807) is 55.0 Å². The number of thiazole rings is 1. The van der Waals surface area contributed by atoms with Gasteiger partial charge >= 0.3 is 0 Å². The first-order chi connectivity index (χ1) is 12.7. The number of hydrogen-bond donors (Lipinski definition) is 2. The summed E-state index contributed by atoms with van der Waals surface area (Å²) in [5, 5.41) is 8.24. The molecule has 0 fully saturated rings.